The third kappa shape index (κ3) is 8.76. The number of carbonyl (C=O) groups is 2. The van der Waals surface area contributed by atoms with Gasteiger partial charge in [0.15, 0.2) is 5.82 Å². The zero-order chi connectivity index (χ0) is 27.1. The summed E-state index contributed by atoms with van der Waals surface area (Å²) in [7, 11) is 0. The van der Waals surface area contributed by atoms with Crippen molar-refractivity contribution in [3.05, 3.63) is 17.8 Å². The number of carboxylic acids is 2. The fourth-order valence-electron chi connectivity index (χ4n) is 4.32. The SMILES string of the molecule is Cc1ccc(N2C[C@@H]3CCCO[C@@H]3[C@H](N3CCCC3)C2)nn1.O=C(O)C(F)(F)F.O=C(O)C(F)(F)F. The average Bonchev–Trinajstić information content (AvgIpc) is 3.33. The number of anilines is 1. The molecule has 4 heterocycles. The lowest BCUT2D eigenvalue weighted by atomic mass is 9.84. The van der Waals surface area contributed by atoms with Gasteiger partial charge in [0.1, 0.15) is 0 Å². The Morgan fingerprint density at radius 3 is 1.97 bits per heavy atom. The summed E-state index contributed by atoms with van der Waals surface area (Å²) >= 11 is 0. The Morgan fingerprint density at radius 1 is 0.944 bits per heavy atom. The molecule has 0 spiro atoms. The first-order chi connectivity index (χ1) is 16.7. The molecule has 0 radical (unpaired) electrons. The molecule has 0 unspecified atom stereocenters. The molecule has 0 bridgehead atoms. The summed E-state index contributed by atoms with van der Waals surface area (Å²) in [5, 5.41) is 22.9. The van der Waals surface area contributed by atoms with Gasteiger partial charge < -0.3 is 19.8 Å². The van der Waals surface area contributed by atoms with Gasteiger partial charge in [0.05, 0.1) is 17.8 Å². The number of fused-ring (bicyclic) bond motifs is 1. The van der Waals surface area contributed by atoms with E-state index in [2.05, 4.69) is 32.1 Å². The second kappa shape index (κ2) is 12.5. The summed E-state index contributed by atoms with van der Waals surface area (Å²) in [6.07, 6.45) is -4.61. The van der Waals surface area contributed by atoms with Crippen molar-refractivity contribution < 1.29 is 50.9 Å². The molecule has 3 aliphatic heterocycles. The summed E-state index contributed by atoms with van der Waals surface area (Å²) in [5.41, 5.74) is 0.982. The van der Waals surface area contributed by atoms with Crippen molar-refractivity contribution in [3.63, 3.8) is 0 Å². The standard InChI is InChI=1S/C17H26N4O.2C2HF3O2/c1-13-6-7-16(19-18-13)21-11-14-5-4-10-22-17(14)15(12-21)20-8-2-3-9-20;2*3-2(4,5)1(6)7/h6-7,14-15,17H,2-5,8-12H2,1H3;2*(H,6,7)/t14-,15+,17-;;/m0../s1. The molecule has 1 aromatic heterocycles. The lowest BCUT2D eigenvalue weighted by Gasteiger charge is -2.49. The van der Waals surface area contributed by atoms with Crippen LogP contribution in [0.1, 0.15) is 31.4 Å². The maximum absolute atomic E-state index is 10.6. The number of rotatable bonds is 2. The first-order valence-electron chi connectivity index (χ1n) is 11.2. The molecule has 3 atom stereocenters. The molecule has 9 nitrogen and oxygen atoms in total. The summed E-state index contributed by atoms with van der Waals surface area (Å²) < 4.78 is 69.7. The van der Waals surface area contributed by atoms with Gasteiger partial charge in [-0.2, -0.15) is 31.4 Å². The van der Waals surface area contributed by atoms with Gasteiger partial charge in [-0.15, -0.1) is 5.10 Å². The molecule has 2 N–H and O–H groups in total. The van der Waals surface area contributed by atoms with Crippen molar-refractivity contribution in [1.82, 2.24) is 15.1 Å². The summed E-state index contributed by atoms with van der Waals surface area (Å²) in [6.45, 7) is 7.47. The molecule has 204 valence electrons. The minimum Gasteiger partial charge on any atom is -0.475 e. The minimum atomic E-state index is -5.08. The van der Waals surface area contributed by atoms with Crippen molar-refractivity contribution in [2.24, 2.45) is 5.92 Å². The largest absolute Gasteiger partial charge is 0.490 e. The first-order valence-corrected chi connectivity index (χ1v) is 11.2. The van der Waals surface area contributed by atoms with E-state index >= 15 is 0 Å². The van der Waals surface area contributed by atoms with Crippen LogP contribution in [-0.4, -0.2) is 94.5 Å². The van der Waals surface area contributed by atoms with Gasteiger partial charge in [0.25, 0.3) is 0 Å². The van der Waals surface area contributed by atoms with E-state index in [1.807, 2.05) is 6.92 Å². The number of nitrogens with zero attached hydrogens (tertiary/aromatic N) is 4. The predicted octanol–water partition coefficient (Wildman–Crippen LogP) is 3.13. The van der Waals surface area contributed by atoms with Gasteiger partial charge in [-0.3, -0.25) is 4.90 Å². The molecular weight excluding hydrogens is 502 g/mol. The lowest BCUT2D eigenvalue weighted by molar-refractivity contribution is -0.193. The Kier molecular flexibility index (Phi) is 10.3. The van der Waals surface area contributed by atoms with Crippen molar-refractivity contribution in [1.29, 1.82) is 0 Å². The van der Waals surface area contributed by atoms with Crippen LogP contribution in [-0.2, 0) is 14.3 Å². The highest BCUT2D eigenvalue weighted by Crippen LogP contribution is 2.34. The van der Waals surface area contributed by atoms with Gasteiger partial charge in [0, 0.05) is 25.6 Å². The Labute approximate surface area is 203 Å². The Balaban J connectivity index is 0.000000271. The number of piperidine rings is 1. The minimum absolute atomic E-state index is 0.418. The summed E-state index contributed by atoms with van der Waals surface area (Å²) in [4.78, 5) is 22.9. The number of hydrogen-bond donors (Lipinski definition) is 2. The maximum atomic E-state index is 10.6. The molecule has 36 heavy (non-hydrogen) atoms. The monoisotopic (exact) mass is 530 g/mol. The van der Waals surface area contributed by atoms with Crippen LogP contribution < -0.4 is 4.90 Å². The second-order valence-electron chi connectivity index (χ2n) is 8.59. The highest BCUT2D eigenvalue weighted by molar-refractivity contribution is 5.73. The molecule has 15 heteroatoms. The zero-order valence-electron chi connectivity index (χ0n) is 19.4. The van der Waals surface area contributed by atoms with Crippen LogP contribution >= 0.6 is 0 Å². The number of aromatic nitrogens is 2. The normalized spacial score (nSPS) is 24.5. The van der Waals surface area contributed by atoms with Crippen LogP contribution in [0.5, 0.6) is 0 Å². The van der Waals surface area contributed by atoms with Crippen molar-refractivity contribution >= 4 is 17.8 Å². The van der Waals surface area contributed by atoms with E-state index in [0.717, 1.165) is 31.2 Å². The van der Waals surface area contributed by atoms with Crippen molar-refractivity contribution in [3.8, 4) is 0 Å². The van der Waals surface area contributed by atoms with Crippen LogP contribution in [0.25, 0.3) is 0 Å². The van der Waals surface area contributed by atoms with Crippen molar-refractivity contribution in [2.75, 3.05) is 37.7 Å². The molecule has 0 amide bonds. The van der Waals surface area contributed by atoms with Crippen LogP contribution in [0, 0.1) is 12.8 Å². The van der Waals surface area contributed by atoms with E-state index < -0.39 is 24.3 Å². The highest BCUT2D eigenvalue weighted by atomic mass is 19.4. The van der Waals surface area contributed by atoms with E-state index in [-0.39, 0.29) is 0 Å². The van der Waals surface area contributed by atoms with Crippen molar-refractivity contribution in [2.45, 2.75) is 57.1 Å². The molecule has 0 aliphatic carbocycles. The fourth-order valence-corrected chi connectivity index (χ4v) is 4.32. The summed E-state index contributed by atoms with van der Waals surface area (Å²) in [5.74, 6) is -3.85. The number of likely N-dealkylation sites (tertiary alicyclic amines) is 1. The first kappa shape index (κ1) is 29.5. The van der Waals surface area contributed by atoms with E-state index in [1.54, 1.807) is 0 Å². The average molecular weight is 530 g/mol. The number of halogens is 6. The Morgan fingerprint density at radius 2 is 1.50 bits per heavy atom. The molecule has 3 saturated heterocycles. The molecule has 0 aromatic carbocycles. The topological polar surface area (TPSA) is 116 Å². The lowest BCUT2D eigenvalue weighted by Crippen LogP contribution is -2.60. The highest BCUT2D eigenvalue weighted by Gasteiger charge is 2.43. The number of carboxylic acid groups (broad SMARTS) is 2. The van der Waals surface area contributed by atoms with Gasteiger partial charge in [-0.25, -0.2) is 9.59 Å². The van der Waals surface area contributed by atoms with E-state index in [1.165, 1.54) is 38.8 Å². The molecule has 3 aliphatic rings. The number of hydrogen-bond acceptors (Lipinski definition) is 7. The number of aryl methyl sites for hydroxylation is 1. The molecule has 1 aromatic rings. The molecule has 0 saturated carbocycles. The Hall–Kier alpha value is -2.68. The van der Waals surface area contributed by atoms with E-state index in [0.29, 0.717) is 18.1 Å². The molecule has 4 rings (SSSR count). The zero-order valence-corrected chi connectivity index (χ0v) is 19.4. The number of ether oxygens (including phenoxy) is 1. The number of aliphatic carboxylic acids is 2. The summed E-state index contributed by atoms with van der Waals surface area (Å²) in [6, 6.07) is 4.70. The van der Waals surface area contributed by atoms with Gasteiger partial charge >= 0.3 is 24.3 Å². The smallest absolute Gasteiger partial charge is 0.475 e. The van der Waals surface area contributed by atoms with E-state index in [9.17, 15) is 26.3 Å². The molecule has 3 fully saturated rings. The Bertz CT molecular complexity index is 838. The van der Waals surface area contributed by atoms with Gasteiger partial charge in [-0.1, -0.05) is 0 Å². The van der Waals surface area contributed by atoms with Crippen LogP contribution in [0.2, 0.25) is 0 Å². The van der Waals surface area contributed by atoms with Gasteiger partial charge in [0.2, 0.25) is 0 Å². The van der Waals surface area contributed by atoms with Gasteiger partial charge in [-0.05, 0) is 57.8 Å². The van der Waals surface area contributed by atoms with Crippen LogP contribution in [0.4, 0.5) is 32.2 Å². The van der Waals surface area contributed by atoms with E-state index in [4.69, 9.17) is 24.5 Å². The number of alkyl halides is 6. The second-order valence-corrected chi connectivity index (χ2v) is 8.59. The van der Waals surface area contributed by atoms with Crippen LogP contribution in [0.15, 0.2) is 12.1 Å². The molecular formula is C21H28F6N4O5. The van der Waals surface area contributed by atoms with Crippen LogP contribution in [0.3, 0.4) is 0 Å². The third-order valence-electron chi connectivity index (χ3n) is 5.94. The maximum Gasteiger partial charge on any atom is 0.490 e. The third-order valence-corrected chi connectivity index (χ3v) is 5.94. The fraction of sp³-hybridized carbons (Fsp3) is 0.714. The quantitative estimate of drug-likeness (QED) is 0.557. The predicted molar refractivity (Wildman–Crippen MR) is 113 cm³/mol.